The highest BCUT2D eigenvalue weighted by Crippen LogP contribution is 2.35. The molecule has 3 rings (SSSR count). The van der Waals surface area contributed by atoms with Gasteiger partial charge in [-0.05, 0) is 37.6 Å². The van der Waals surface area contributed by atoms with Gasteiger partial charge in [0.1, 0.15) is 6.04 Å². The molecule has 0 aliphatic carbocycles. The third-order valence-corrected chi connectivity index (χ3v) is 5.39. The fourth-order valence-electron chi connectivity index (χ4n) is 3.11. The second-order valence-corrected chi connectivity index (χ2v) is 7.03. The van der Waals surface area contributed by atoms with Gasteiger partial charge in [0, 0.05) is 22.4 Å². The number of carboxylic acids is 1. The summed E-state index contributed by atoms with van der Waals surface area (Å²) in [7, 11) is 0. The van der Waals surface area contributed by atoms with E-state index >= 15 is 0 Å². The molecule has 24 heavy (non-hydrogen) atoms. The molecule has 6 nitrogen and oxygen atoms in total. The van der Waals surface area contributed by atoms with Crippen molar-refractivity contribution in [3.8, 4) is 10.4 Å². The quantitative estimate of drug-likeness (QED) is 0.658. The maximum absolute atomic E-state index is 11.4. The van der Waals surface area contributed by atoms with Crippen LogP contribution in [0.3, 0.4) is 0 Å². The first-order chi connectivity index (χ1) is 11.6. The van der Waals surface area contributed by atoms with Crippen LogP contribution in [-0.4, -0.2) is 33.5 Å². The molecule has 2 aromatic rings. The molecule has 0 radical (unpaired) electrons. The van der Waals surface area contributed by atoms with E-state index in [-0.39, 0.29) is 10.6 Å². The molecule has 1 unspecified atom stereocenters. The van der Waals surface area contributed by atoms with Gasteiger partial charge >= 0.3 is 5.97 Å². The molecule has 1 aromatic heterocycles. The lowest BCUT2D eigenvalue weighted by Gasteiger charge is -2.32. The van der Waals surface area contributed by atoms with Crippen LogP contribution in [0.25, 0.3) is 10.4 Å². The van der Waals surface area contributed by atoms with Gasteiger partial charge in [-0.3, -0.25) is 19.8 Å². The number of carbonyl (C=O) groups is 1. The Labute approximate surface area is 143 Å². The predicted molar refractivity (Wildman–Crippen MR) is 92.1 cm³/mol. The fraction of sp³-hybridized carbons (Fsp3) is 0.353. The van der Waals surface area contributed by atoms with Gasteiger partial charge in [0.05, 0.1) is 10.5 Å². The van der Waals surface area contributed by atoms with Crippen molar-refractivity contribution in [3.63, 3.8) is 0 Å². The van der Waals surface area contributed by atoms with Gasteiger partial charge in [0.2, 0.25) is 0 Å². The summed E-state index contributed by atoms with van der Waals surface area (Å²) < 4.78 is 0. The molecular formula is C17H18N2O4S. The van der Waals surface area contributed by atoms with Gasteiger partial charge < -0.3 is 5.11 Å². The van der Waals surface area contributed by atoms with Crippen molar-refractivity contribution >= 4 is 23.0 Å². The summed E-state index contributed by atoms with van der Waals surface area (Å²) in [5.74, 6) is -0.773. The Kier molecular flexibility index (Phi) is 4.92. The van der Waals surface area contributed by atoms with Crippen LogP contribution in [-0.2, 0) is 11.3 Å². The number of thiophene rings is 1. The number of para-hydroxylation sites is 1. The summed E-state index contributed by atoms with van der Waals surface area (Å²) in [6.07, 6.45) is 2.63. The van der Waals surface area contributed by atoms with Crippen LogP contribution in [0.1, 0.15) is 24.1 Å². The summed E-state index contributed by atoms with van der Waals surface area (Å²) in [4.78, 5) is 26.0. The van der Waals surface area contributed by atoms with Crippen molar-refractivity contribution in [3.05, 3.63) is 51.4 Å². The van der Waals surface area contributed by atoms with Crippen molar-refractivity contribution in [2.24, 2.45) is 0 Å². The molecule has 1 aromatic carbocycles. The van der Waals surface area contributed by atoms with Crippen molar-refractivity contribution in [1.29, 1.82) is 0 Å². The van der Waals surface area contributed by atoms with Crippen LogP contribution in [0.2, 0.25) is 0 Å². The average Bonchev–Trinajstić information content (AvgIpc) is 3.03. The first-order valence-corrected chi connectivity index (χ1v) is 8.67. The SMILES string of the molecule is O=C(O)C1CCCCN1Cc1ccc(-c2ccccc2[N+](=O)[O-])s1. The van der Waals surface area contributed by atoms with Gasteiger partial charge in [-0.2, -0.15) is 0 Å². The molecule has 1 aliphatic heterocycles. The molecule has 7 heteroatoms. The molecule has 1 saturated heterocycles. The Balaban J connectivity index is 1.81. The highest BCUT2D eigenvalue weighted by atomic mass is 32.1. The third kappa shape index (κ3) is 3.47. The number of carboxylic acid groups (broad SMARTS) is 1. The Morgan fingerprint density at radius 3 is 2.83 bits per heavy atom. The summed E-state index contributed by atoms with van der Waals surface area (Å²) in [5.41, 5.74) is 0.694. The van der Waals surface area contributed by atoms with E-state index in [0.717, 1.165) is 29.1 Å². The molecule has 0 bridgehead atoms. The van der Waals surface area contributed by atoms with Gasteiger partial charge in [-0.25, -0.2) is 0 Å². The number of hydrogen-bond donors (Lipinski definition) is 1. The van der Waals surface area contributed by atoms with E-state index in [2.05, 4.69) is 0 Å². The normalized spacial score (nSPS) is 18.4. The summed E-state index contributed by atoms with van der Waals surface area (Å²) in [5, 5.41) is 20.5. The third-order valence-electron chi connectivity index (χ3n) is 4.29. The van der Waals surface area contributed by atoms with E-state index in [0.29, 0.717) is 18.5 Å². The number of nitro groups is 1. The summed E-state index contributed by atoms with van der Waals surface area (Å²) in [6.45, 7) is 1.35. The van der Waals surface area contributed by atoms with E-state index in [9.17, 15) is 20.0 Å². The molecule has 126 valence electrons. The van der Waals surface area contributed by atoms with E-state index < -0.39 is 12.0 Å². The van der Waals surface area contributed by atoms with E-state index in [1.54, 1.807) is 18.2 Å². The standard InChI is InChI=1S/C17H18N2O4S/c20-17(21)15-7-3-4-10-18(15)11-12-8-9-16(24-12)13-5-1-2-6-14(13)19(22)23/h1-2,5-6,8-9,15H,3-4,7,10-11H2,(H,20,21). The van der Waals surface area contributed by atoms with Crippen LogP contribution in [0.4, 0.5) is 5.69 Å². The smallest absolute Gasteiger partial charge is 0.320 e. The van der Waals surface area contributed by atoms with Gasteiger partial charge in [-0.15, -0.1) is 11.3 Å². The number of aliphatic carboxylic acids is 1. The second kappa shape index (κ2) is 7.11. The minimum absolute atomic E-state index is 0.0901. The zero-order valence-corrected chi connectivity index (χ0v) is 13.9. The number of rotatable bonds is 5. The first kappa shape index (κ1) is 16.6. The second-order valence-electron chi connectivity index (χ2n) is 5.86. The van der Waals surface area contributed by atoms with Crippen LogP contribution in [0.5, 0.6) is 0 Å². The maximum atomic E-state index is 11.4. The average molecular weight is 346 g/mol. The lowest BCUT2D eigenvalue weighted by Crippen LogP contribution is -2.43. The number of nitrogens with zero attached hydrogens (tertiary/aromatic N) is 2. The Hall–Kier alpha value is -2.25. The van der Waals surface area contributed by atoms with E-state index in [4.69, 9.17) is 0 Å². The van der Waals surface area contributed by atoms with Crippen LogP contribution < -0.4 is 0 Å². The van der Waals surface area contributed by atoms with Gasteiger partial charge in [0.25, 0.3) is 5.69 Å². The van der Waals surface area contributed by atoms with E-state index in [1.807, 2.05) is 17.0 Å². The molecule has 2 heterocycles. The molecule has 0 spiro atoms. The molecule has 1 N–H and O–H groups in total. The zero-order chi connectivity index (χ0) is 17.1. The number of likely N-dealkylation sites (tertiary alicyclic amines) is 1. The number of nitro benzene ring substituents is 1. The van der Waals surface area contributed by atoms with E-state index in [1.165, 1.54) is 17.4 Å². The maximum Gasteiger partial charge on any atom is 0.320 e. The van der Waals surface area contributed by atoms with Crippen molar-refractivity contribution in [2.75, 3.05) is 6.54 Å². The molecule has 1 atom stereocenters. The van der Waals surface area contributed by atoms with Crippen LogP contribution >= 0.6 is 11.3 Å². The molecule has 0 saturated carbocycles. The highest BCUT2D eigenvalue weighted by molar-refractivity contribution is 7.15. The number of hydrogen-bond acceptors (Lipinski definition) is 5. The van der Waals surface area contributed by atoms with Gasteiger partial charge in [0.15, 0.2) is 0 Å². The minimum atomic E-state index is -0.773. The van der Waals surface area contributed by atoms with Crippen LogP contribution in [0.15, 0.2) is 36.4 Å². The lowest BCUT2D eigenvalue weighted by molar-refractivity contribution is -0.384. The zero-order valence-electron chi connectivity index (χ0n) is 13.1. The molecule has 0 amide bonds. The number of benzene rings is 1. The first-order valence-electron chi connectivity index (χ1n) is 7.85. The molecule has 1 fully saturated rings. The topological polar surface area (TPSA) is 83.7 Å². The van der Waals surface area contributed by atoms with Crippen LogP contribution in [0, 0.1) is 10.1 Å². The highest BCUT2D eigenvalue weighted by Gasteiger charge is 2.28. The minimum Gasteiger partial charge on any atom is -0.480 e. The molecule has 1 aliphatic rings. The monoisotopic (exact) mass is 346 g/mol. The van der Waals surface area contributed by atoms with Crippen molar-refractivity contribution in [2.45, 2.75) is 31.8 Å². The van der Waals surface area contributed by atoms with Crippen molar-refractivity contribution in [1.82, 2.24) is 4.90 Å². The van der Waals surface area contributed by atoms with Crippen molar-refractivity contribution < 1.29 is 14.8 Å². The Morgan fingerprint density at radius 1 is 1.29 bits per heavy atom. The number of piperidine rings is 1. The fourth-order valence-corrected chi connectivity index (χ4v) is 4.18. The summed E-state index contributed by atoms with van der Waals surface area (Å²) in [6, 6.07) is 10.1. The van der Waals surface area contributed by atoms with Gasteiger partial charge in [-0.1, -0.05) is 18.6 Å². The lowest BCUT2D eigenvalue weighted by atomic mass is 10.0. The summed E-state index contributed by atoms with van der Waals surface area (Å²) >= 11 is 1.49. The predicted octanol–water partition coefficient (Wildman–Crippen LogP) is 3.76. The largest absolute Gasteiger partial charge is 0.480 e. The Bertz CT molecular complexity index is 759. The Morgan fingerprint density at radius 2 is 2.08 bits per heavy atom. The molecular weight excluding hydrogens is 328 g/mol.